The highest BCUT2D eigenvalue weighted by Gasteiger charge is 2.17. The Bertz CT molecular complexity index is 113. The molecule has 1 aliphatic rings. The molecule has 1 heterocycles. The van der Waals surface area contributed by atoms with Crippen molar-refractivity contribution in [3.05, 3.63) is 0 Å². The van der Waals surface area contributed by atoms with Crippen LogP contribution in [-0.4, -0.2) is 42.2 Å². The Morgan fingerprint density at radius 3 is 2.58 bits per heavy atom. The Hall–Kier alpha value is 0.650. The van der Waals surface area contributed by atoms with Crippen molar-refractivity contribution < 1.29 is 4.74 Å². The standard InChI is InChI=1S/C9H18INO/c1-12-9-3-7-11(8-4-9)6-2-5-10/h9H,2-8H2,1H3. The Balaban J connectivity index is 2.09. The lowest BCUT2D eigenvalue weighted by Crippen LogP contribution is -2.37. The van der Waals surface area contributed by atoms with E-state index < -0.39 is 0 Å². The highest BCUT2D eigenvalue weighted by molar-refractivity contribution is 14.1. The maximum Gasteiger partial charge on any atom is 0.0595 e. The van der Waals surface area contributed by atoms with Gasteiger partial charge in [0.2, 0.25) is 0 Å². The smallest absolute Gasteiger partial charge is 0.0595 e. The zero-order valence-corrected chi connectivity index (χ0v) is 9.92. The minimum atomic E-state index is 0.529. The predicted molar refractivity (Wildman–Crippen MR) is 60.0 cm³/mol. The van der Waals surface area contributed by atoms with Crippen LogP contribution in [0.4, 0.5) is 0 Å². The summed E-state index contributed by atoms with van der Waals surface area (Å²) < 4.78 is 6.60. The predicted octanol–water partition coefficient (Wildman–Crippen LogP) is 1.92. The molecule has 0 bridgehead atoms. The minimum Gasteiger partial charge on any atom is -0.381 e. The molecule has 12 heavy (non-hydrogen) atoms. The van der Waals surface area contributed by atoms with Gasteiger partial charge < -0.3 is 9.64 Å². The van der Waals surface area contributed by atoms with Crippen LogP contribution in [0.5, 0.6) is 0 Å². The molecule has 0 saturated carbocycles. The van der Waals surface area contributed by atoms with Crippen LogP contribution in [0, 0.1) is 0 Å². The van der Waals surface area contributed by atoms with Crippen LogP contribution < -0.4 is 0 Å². The molecule has 3 heteroatoms. The monoisotopic (exact) mass is 283 g/mol. The van der Waals surface area contributed by atoms with Gasteiger partial charge in [-0.3, -0.25) is 0 Å². The summed E-state index contributed by atoms with van der Waals surface area (Å²) in [6.07, 6.45) is 4.30. The molecule has 0 unspecified atom stereocenters. The second kappa shape index (κ2) is 6.16. The fourth-order valence-corrected chi connectivity index (χ4v) is 1.99. The molecule has 1 rings (SSSR count). The molecular weight excluding hydrogens is 265 g/mol. The molecule has 0 aliphatic carbocycles. The van der Waals surface area contributed by atoms with Crippen molar-refractivity contribution in [2.75, 3.05) is 31.2 Å². The topological polar surface area (TPSA) is 12.5 Å². The number of hydrogen-bond acceptors (Lipinski definition) is 2. The third-order valence-electron chi connectivity index (χ3n) is 2.48. The number of likely N-dealkylation sites (tertiary alicyclic amines) is 1. The molecule has 1 saturated heterocycles. The van der Waals surface area contributed by atoms with E-state index in [4.69, 9.17) is 4.74 Å². The van der Waals surface area contributed by atoms with Gasteiger partial charge in [0.05, 0.1) is 6.10 Å². The van der Waals surface area contributed by atoms with Gasteiger partial charge in [-0.2, -0.15) is 0 Å². The molecule has 2 nitrogen and oxygen atoms in total. The number of methoxy groups -OCH3 is 1. The van der Waals surface area contributed by atoms with Crippen molar-refractivity contribution in [1.82, 2.24) is 4.90 Å². The van der Waals surface area contributed by atoms with Gasteiger partial charge >= 0.3 is 0 Å². The third-order valence-corrected chi connectivity index (χ3v) is 3.24. The quantitative estimate of drug-likeness (QED) is 0.577. The SMILES string of the molecule is COC1CCN(CCCI)CC1. The lowest BCUT2D eigenvalue weighted by molar-refractivity contribution is 0.0413. The van der Waals surface area contributed by atoms with Gasteiger partial charge in [0.15, 0.2) is 0 Å². The summed E-state index contributed by atoms with van der Waals surface area (Å²) in [5.41, 5.74) is 0. The van der Waals surface area contributed by atoms with Gasteiger partial charge in [-0.1, -0.05) is 22.6 Å². The van der Waals surface area contributed by atoms with E-state index >= 15 is 0 Å². The average molecular weight is 283 g/mol. The number of hydrogen-bond donors (Lipinski definition) is 0. The van der Waals surface area contributed by atoms with Crippen molar-refractivity contribution in [1.29, 1.82) is 0 Å². The van der Waals surface area contributed by atoms with Crippen LogP contribution in [0.15, 0.2) is 0 Å². The van der Waals surface area contributed by atoms with Gasteiger partial charge in [0.25, 0.3) is 0 Å². The van der Waals surface area contributed by atoms with E-state index in [0.29, 0.717) is 6.10 Å². The van der Waals surface area contributed by atoms with Crippen molar-refractivity contribution in [2.45, 2.75) is 25.4 Å². The lowest BCUT2D eigenvalue weighted by atomic mass is 10.1. The fourth-order valence-electron chi connectivity index (χ4n) is 1.65. The number of halogens is 1. The molecule has 72 valence electrons. The zero-order valence-electron chi connectivity index (χ0n) is 7.76. The molecule has 0 spiro atoms. The Morgan fingerprint density at radius 1 is 1.42 bits per heavy atom. The van der Waals surface area contributed by atoms with E-state index in [1.165, 1.54) is 43.3 Å². The van der Waals surface area contributed by atoms with Crippen LogP contribution in [0.2, 0.25) is 0 Å². The first-order chi connectivity index (χ1) is 5.86. The van der Waals surface area contributed by atoms with Crippen molar-refractivity contribution in [3.8, 4) is 0 Å². The van der Waals surface area contributed by atoms with Crippen molar-refractivity contribution in [2.24, 2.45) is 0 Å². The molecule has 0 atom stereocenters. The van der Waals surface area contributed by atoms with Crippen LogP contribution in [-0.2, 0) is 4.74 Å². The summed E-state index contributed by atoms with van der Waals surface area (Å²) in [4.78, 5) is 2.55. The van der Waals surface area contributed by atoms with Gasteiger partial charge in [-0.25, -0.2) is 0 Å². The van der Waals surface area contributed by atoms with E-state index in [-0.39, 0.29) is 0 Å². The summed E-state index contributed by atoms with van der Waals surface area (Å²) in [6.45, 7) is 3.74. The highest BCUT2D eigenvalue weighted by atomic mass is 127. The van der Waals surface area contributed by atoms with Gasteiger partial charge in [-0.05, 0) is 25.8 Å². The third kappa shape index (κ3) is 3.58. The minimum absolute atomic E-state index is 0.529. The van der Waals surface area contributed by atoms with Crippen molar-refractivity contribution >= 4 is 22.6 Å². The van der Waals surface area contributed by atoms with E-state index in [2.05, 4.69) is 27.5 Å². The first-order valence-corrected chi connectivity index (χ1v) is 6.20. The summed E-state index contributed by atoms with van der Waals surface area (Å²) in [5.74, 6) is 0. The number of rotatable bonds is 4. The summed E-state index contributed by atoms with van der Waals surface area (Å²) in [6, 6.07) is 0. The number of piperidine rings is 1. The normalized spacial score (nSPS) is 21.5. The molecule has 0 N–H and O–H groups in total. The number of nitrogens with zero attached hydrogens (tertiary/aromatic N) is 1. The number of alkyl halides is 1. The Kier molecular flexibility index (Phi) is 5.50. The van der Waals surface area contributed by atoms with Gasteiger partial charge in [0, 0.05) is 24.6 Å². The maximum atomic E-state index is 5.32. The van der Waals surface area contributed by atoms with E-state index in [9.17, 15) is 0 Å². The Morgan fingerprint density at radius 2 is 2.08 bits per heavy atom. The molecule has 0 aromatic carbocycles. The zero-order chi connectivity index (χ0) is 8.81. The molecule has 1 fully saturated rings. The van der Waals surface area contributed by atoms with Gasteiger partial charge in [0.1, 0.15) is 0 Å². The van der Waals surface area contributed by atoms with Gasteiger partial charge in [-0.15, -0.1) is 0 Å². The molecule has 1 aliphatic heterocycles. The molecule has 0 radical (unpaired) electrons. The number of ether oxygens (including phenoxy) is 1. The van der Waals surface area contributed by atoms with Crippen LogP contribution >= 0.6 is 22.6 Å². The van der Waals surface area contributed by atoms with Crippen molar-refractivity contribution in [3.63, 3.8) is 0 Å². The van der Waals surface area contributed by atoms with Crippen LogP contribution in [0.25, 0.3) is 0 Å². The maximum absolute atomic E-state index is 5.32. The summed E-state index contributed by atoms with van der Waals surface area (Å²) in [5, 5.41) is 0. The first kappa shape index (κ1) is 10.7. The van der Waals surface area contributed by atoms with Crippen LogP contribution in [0.1, 0.15) is 19.3 Å². The average Bonchev–Trinajstić information content (AvgIpc) is 2.15. The van der Waals surface area contributed by atoms with E-state index in [1.54, 1.807) is 0 Å². The lowest BCUT2D eigenvalue weighted by Gasteiger charge is -2.30. The largest absolute Gasteiger partial charge is 0.381 e. The fraction of sp³-hybridized carbons (Fsp3) is 1.00. The molecule has 0 amide bonds. The van der Waals surface area contributed by atoms with E-state index in [1.807, 2.05) is 7.11 Å². The summed E-state index contributed by atoms with van der Waals surface area (Å²) in [7, 11) is 1.82. The first-order valence-electron chi connectivity index (χ1n) is 4.68. The molecule has 0 aromatic rings. The molecular formula is C9H18INO. The second-order valence-corrected chi connectivity index (χ2v) is 4.40. The molecule has 0 aromatic heterocycles. The highest BCUT2D eigenvalue weighted by Crippen LogP contribution is 2.12. The van der Waals surface area contributed by atoms with Crippen LogP contribution in [0.3, 0.4) is 0 Å². The Labute approximate surface area is 88.8 Å². The van der Waals surface area contributed by atoms with E-state index in [0.717, 1.165) is 0 Å². The second-order valence-electron chi connectivity index (χ2n) is 3.32. The summed E-state index contributed by atoms with van der Waals surface area (Å²) >= 11 is 2.44.